The molecule has 0 unspecified atom stereocenters. The number of carbonyl (C=O) groups is 1. The van der Waals surface area contributed by atoms with E-state index in [-0.39, 0.29) is 16.7 Å². The lowest BCUT2D eigenvalue weighted by molar-refractivity contribution is -0.119. The molecule has 0 heterocycles. The first-order chi connectivity index (χ1) is 17.6. The molecule has 3 rings (SSSR count). The molecular formula is C27H31N3O6S. The summed E-state index contributed by atoms with van der Waals surface area (Å²) in [5.74, 6) is 0.761. The molecule has 0 spiro atoms. The molecule has 0 aliphatic rings. The maximum Gasteiger partial charge on any atom is 0.264 e. The summed E-state index contributed by atoms with van der Waals surface area (Å²) in [6.45, 7) is 5.28. The molecule has 0 aliphatic heterocycles. The molecule has 3 aromatic carbocycles. The Labute approximate surface area is 217 Å². The lowest BCUT2D eigenvalue weighted by Crippen LogP contribution is -2.39. The van der Waals surface area contributed by atoms with Crippen molar-refractivity contribution in [2.24, 2.45) is 5.10 Å². The molecule has 196 valence electrons. The van der Waals surface area contributed by atoms with Crippen LogP contribution in [0.4, 0.5) is 5.69 Å². The average molecular weight is 526 g/mol. The van der Waals surface area contributed by atoms with Gasteiger partial charge in [0, 0.05) is 6.07 Å². The fraction of sp³-hybridized carbons (Fsp3) is 0.259. The topological polar surface area (TPSA) is 107 Å². The van der Waals surface area contributed by atoms with Crippen molar-refractivity contribution in [2.45, 2.75) is 31.8 Å². The van der Waals surface area contributed by atoms with Gasteiger partial charge in [-0.1, -0.05) is 17.7 Å². The van der Waals surface area contributed by atoms with Crippen LogP contribution in [0.2, 0.25) is 0 Å². The van der Waals surface area contributed by atoms with Gasteiger partial charge in [-0.15, -0.1) is 0 Å². The van der Waals surface area contributed by atoms with E-state index in [2.05, 4.69) is 10.5 Å². The molecule has 3 aromatic rings. The Hall–Kier alpha value is -4.05. The second-order valence-electron chi connectivity index (χ2n) is 8.39. The van der Waals surface area contributed by atoms with Gasteiger partial charge in [0.1, 0.15) is 12.3 Å². The number of hydrazone groups is 1. The summed E-state index contributed by atoms with van der Waals surface area (Å²) in [7, 11) is -1.26. The van der Waals surface area contributed by atoms with Crippen LogP contribution >= 0.6 is 0 Å². The fourth-order valence-corrected chi connectivity index (χ4v) is 4.82. The average Bonchev–Trinajstić information content (AvgIpc) is 2.88. The van der Waals surface area contributed by atoms with Crippen LogP contribution in [0.5, 0.6) is 17.2 Å². The maximum atomic E-state index is 13.6. The first kappa shape index (κ1) is 27.5. The van der Waals surface area contributed by atoms with Crippen LogP contribution in [0.15, 0.2) is 76.7 Å². The molecule has 0 bridgehead atoms. The minimum absolute atomic E-state index is 0.0502. The third-order valence-corrected chi connectivity index (χ3v) is 6.98. The van der Waals surface area contributed by atoms with Gasteiger partial charge in [0.05, 0.1) is 37.1 Å². The van der Waals surface area contributed by atoms with Gasteiger partial charge in [0.25, 0.3) is 15.9 Å². The zero-order chi connectivity index (χ0) is 27.0. The molecule has 0 aliphatic carbocycles. The van der Waals surface area contributed by atoms with Crippen molar-refractivity contribution >= 4 is 27.8 Å². The van der Waals surface area contributed by atoms with E-state index in [4.69, 9.17) is 14.2 Å². The van der Waals surface area contributed by atoms with Crippen molar-refractivity contribution in [1.29, 1.82) is 0 Å². The molecule has 0 saturated heterocycles. The van der Waals surface area contributed by atoms with E-state index in [1.165, 1.54) is 38.6 Å². The zero-order valence-corrected chi connectivity index (χ0v) is 22.3. The Morgan fingerprint density at radius 1 is 0.973 bits per heavy atom. The van der Waals surface area contributed by atoms with E-state index in [0.29, 0.717) is 11.4 Å². The Morgan fingerprint density at radius 2 is 1.62 bits per heavy atom. The Morgan fingerprint density at radius 3 is 2.22 bits per heavy atom. The lowest BCUT2D eigenvalue weighted by Gasteiger charge is -2.24. The number of sulfonamides is 1. The van der Waals surface area contributed by atoms with Crippen molar-refractivity contribution in [3.8, 4) is 17.2 Å². The number of benzene rings is 3. The molecule has 9 nitrogen and oxygen atoms in total. The number of rotatable bonds is 11. The highest BCUT2D eigenvalue weighted by Crippen LogP contribution is 2.32. The van der Waals surface area contributed by atoms with E-state index in [0.717, 1.165) is 21.2 Å². The summed E-state index contributed by atoms with van der Waals surface area (Å²) in [5.41, 5.74) is 4.43. The number of ether oxygens (including phenoxy) is 3. The predicted molar refractivity (Wildman–Crippen MR) is 143 cm³/mol. The third-order valence-electron chi connectivity index (χ3n) is 5.21. The minimum atomic E-state index is -4.14. The first-order valence-corrected chi connectivity index (χ1v) is 13.0. The fourth-order valence-electron chi connectivity index (χ4n) is 3.38. The second-order valence-corrected chi connectivity index (χ2v) is 10.3. The van der Waals surface area contributed by atoms with Crippen molar-refractivity contribution in [2.75, 3.05) is 25.1 Å². The highest BCUT2D eigenvalue weighted by molar-refractivity contribution is 7.92. The van der Waals surface area contributed by atoms with Crippen LogP contribution in [0.3, 0.4) is 0 Å². The normalized spacial score (nSPS) is 11.4. The van der Waals surface area contributed by atoms with Crippen LogP contribution in [0.1, 0.15) is 25.0 Å². The van der Waals surface area contributed by atoms with Crippen molar-refractivity contribution in [3.05, 3.63) is 77.9 Å². The molecule has 1 amide bonds. The van der Waals surface area contributed by atoms with Crippen LogP contribution in [0.25, 0.3) is 0 Å². The molecule has 0 saturated carbocycles. The van der Waals surface area contributed by atoms with E-state index in [1.54, 1.807) is 48.5 Å². The monoisotopic (exact) mass is 525 g/mol. The predicted octanol–water partition coefficient (Wildman–Crippen LogP) is 4.15. The van der Waals surface area contributed by atoms with Gasteiger partial charge in [-0.3, -0.25) is 9.10 Å². The highest BCUT2D eigenvalue weighted by Gasteiger charge is 2.28. The third kappa shape index (κ3) is 7.23. The molecule has 0 fully saturated rings. The Kier molecular flexibility index (Phi) is 9.13. The molecule has 0 atom stereocenters. The number of hydrogen-bond donors (Lipinski definition) is 1. The van der Waals surface area contributed by atoms with Crippen LogP contribution in [0, 0.1) is 6.92 Å². The summed E-state index contributed by atoms with van der Waals surface area (Å²) >= 11 is 0. The van der Waals surface area contributed by atoms with E-state index in [9.17, 15) is 13.2 Å². The largest absolute Gasteiger partial charge is 0.493 e. The van der Waals surface area contributed by atoms with Gasteiger partial charge in [0.15, 0.2) is 11.5 Å². The minimum Gasteiger partial charge on any atom is -0.493 e. The summed E-state index contributed by atoms with van der Waals surface area (Å²) in [6.07, 6.45) is 1.53. The number of hydrogen-bond acceptors (Lipinski definition) is 7. The van der Waals surface area contributed by atoms with Crippen LogP contribution in [-0.2, 0) is 14.8 Å². The quantitative estimate of drug-likeness (QED) is 0.298. The Bertz CT molecular complexity index is 1340. The van der Waals surface area contributed by atoms with Gasteiger partial charge in [-0.25, -0.2) is 13.8 Å². The van der Waals surface area contributed by atoms with Crippen LogP contribution < -0.4 is 23.9 Å². The number of carbonyl (C=O) groups excluding carboxylic acids is 1. The summed E-state index contributed by atoms with van der Waals surface area (Å²) in [6, 6.07) is 18.3. The lowest BCUT2D eigenvalue weighted by atomic mass is 10.2. The van der Waals surface area contributed by atoms with Crippen molar-refractivity contribution in [1.82, 2.24) is 5.43 Å². The van der Waals surface area contributed by atoms with Crippen molar-refractivity contribution in [3.63, 3.8) is 0 Å². The number of nitrogens with one attached hydrogen (secondary N) is 1. The SMILES string of the molecule is COc1ccc(S(=O)(=O)N(CC(=O)N/N=C\c2ccc(OC(C)C)cc2)c2ccc(C)cc2)cc1OC. The molecule has 37 heavy (non-hydrogen) atoms. The van der Waals surface area contributed by atoms with Gasteiger partial charge in [-0.2, -0.15) is 5.10 Å². The van der Waals surface area contributed by atoms with Gasteiger partial charge in [0.2, 0.25) is 0 Å². The Balaban J connectivity index is 1.81. The maximum absolute atomic E-state index is 13.6. The smallest absolute Gasteiger partial charge is 0.264 e. The zero-order valence-electron chi connectivity index (χ0n) is 21.5. The highest BCUT2D eigenvalue weighted by atomic mass is 32.2. The number of aryl methyl sites for hydroxylation is 1. The van der Waals surface area contributed by atoms with E-state index in [1.807, 2.05) is 20.8 Å². The molecular weight excluding hydrogens is 494 g/mol. The molecule has 0 aromatic heterocycles. The number of anilines is 1. The molecule has 1 N–H and O–H groups in total. The number of methoxy groups -OCH3 is 2. The molecule has 0 radical (unpaired) electrons. The number of amides is 1. The van der Waals surface area contributed by atoms with Gasteiger partial charge < -0.3 is 14.2 Å². The van der Waals surface area contributed by atoms with E-state index < -0.39 is 22.5 Å². The van der Waals surface area contributed by atoms with Crippen LogP contribution in [-0.4, -0.2) is 47.4 Å². The second kappa shape index (κ2) is 12.3. The van der Waals surface area contributed by atoms with Gasteiger partial charge in [-0.05, 0) is 74.9 Å². The first-order valence-electron chi connectivity index (χ1n) is 11.5. The standard InChI is InChI=1S/C27H31N3O6S/c1-19(2)36-23-12-8-21(9-13-23)17-28-29-27(31)18-30(22-10-6-20(3)7-11-22)37(32,33)24-14-15-25(34-4)26(16-24)35-5/h6-17,19H,18H2,1-5H3,(H,29,31)/b28-17-. The van der Waals surface area contributed by atoms with Crippen molar-refractivity contribution < 1.29 is 27.4 Å². The number of nitrogens with zero attached hydrogens (tertiary/aromatic N) is 2. The van der Waals surface area contributed by atoms with E-state index >= 15 is 0 Å². The summed E-state index contributed by atoms with van der Waals surface area (Å²) < 4.78 is 44.4. The summed E-state index contributed by atoms with van der Waals surface area (Å²) in [5, 5.41) is 3.97. The summed E-state index contributed by atoms with van der Waals surface area (Å²) in [4.78, 5) is 12.7. The molecule has 10 heteroatoms. The van der Waals surface area contributed by atoms with Gasteiger partial charge >= 0.3 is 0 Å².